The highest BCUT2D eigenvalue weighted by Gasteiger charge is 2.11. The van der Waals surface area contributed by atoms with Crippen molar-refractivity contribution in [3.8, 4) is 0 Å². The van der Waals surface area contributed by atoms with Crippen LogP contribution in [0.5, 0.6) is 0 Å². The second-order valence-electron chi connectivity index (χ2n) is 8.97. The van der Waals surface area contributed by atoms with Crippen LogP contribution in [0.2, 0.25) is 0 Å². The lowest BCUT2D eigenvalue weighted by atomic mass is 10.2. The second-order valence-corrected chi connectivity index (χ2v) is 8.97. The molecule has 5 heteroatoms. The Labute approximate surface area is 213 Å². The molecule has 0 amide bonds. The number of rotatable bonds is 0. The van der Waals surface area contributed by atoms with E-state index in [0.29, 0.717) is 0 Å². The number of H-pyrrole nitrogens is 1. The molecular weight excluding hydrogens is 454 g/mol. The number of allylic oxidation sites excluding steroid dienone is 12. The highest BCUT2D eigenvalue weighted by molar-refractivity contribution is 6.14. The van der Waals surface area contributed by atoms with E-state index in [1.54, 1.807) is 0 Å². The average molecular weight is 476 g/mol. The lowest BCUT2D eigenvalue weighted by Gasteiger charge is -1.94. The Hall–Kier alpha value is -5.16. The van der Waals surface area contributed by atoms with Gasteiger partial charge in [0.05, 0.1) is 45.6 Å². The first-order valence-electron chi connectivity index (χ1n) is 12.1. The van der Waals surface area contributed by atoms with E-state index in [-0.39, 0.29) is 0 Å². The molecule has 2 aromatic carbocycles. The van der Waals surface area contributed by atoms with Crippen molar-refractivity contribution in [3.63, 3.8) is 0 Å². The molecule has 5 nitrogen and oxygen atoms in total. The average Bonchev–Trinajstić information content (AvgIpc) is 3.73. The van der Waals surface area contributed by atoms with E-state index < -0.39 is 0 Å². The van der Waals surface area contributed by atoms with Crippen molar-refractivity contribution in [2.45, 2.75) is 0 Å². The second kappa shape index (κ2) is 8.81. The molecule has 8 rings (SSSR count). The molecule has 5 aliphatic heterocycles. The van der Waals surface area contributed by atoms with Gasteiger partial charge in [0.15, 0.2) is 0 Å². The van der Waals surface area contributed by atoms with Crippen molar-refractivity contribution in [1.82, 2.24) is 4.98 Å². The molecule has 0 saturated heterocycles. The molecule has 1 N–H and O–H groups in total. The zero-order chi connectivity index (χ0) is 24.6. The van der Waals surface area contributed by atoms with E-state index in [9.17, 15) is 0 Å². The van der Waals surface area contributed by atoms with E-state index in [1.807, 2.05) is 72.9 Å². The molecule has 0 aliphatic carbocycles. The minimum absolute atomic E-state index is 0.894. The number of hydrogen-bond donors (Lipinski definition) is 1. The van der Waals surface area contributed by atoms with Crippen LogP contribution < -0.4 is 0 Å². The summed E-state index contributed by atoms with van der Waals surface area (Å²) in [6, 6.07) is 16.8. The van der Waals surface area contributed by atoms with Crippen LogP contribution in [0.3, 0.4) is 0 Å². The summed E-state index contributed by atoms with van der Waals surface area (Å²) in [7, 11) is 0. The number of benzene rings is 2. The van der Waals surface area contributed by atoms with Gasteiger partial charge in [0.25, 0.3) is 0 Å². The molecule has 37 heavy (non-hydrogen) atoms. The highest BCUT2D eigenvalue weighted by Crippen LogP contribution is 2.24. The summed E-state index contributed by atoms with van der Waals surface area (Å²) < 4.78 is 0. The van der Waals surface area contributed by atoms with Gasteiger partial charge in [0.2, 0.25) is 0 Å². The number of para-hydroxylation sites is 2. The molecule has 0 unspecified atom stereocenters. The van der Waals surface area contributed by atoms with Gasteiger partial charge in [-0.25, -0.2) is 20.0 Å². The van der Waals surface area contributed by atoms with E-state index in [1.165, 1.54) is 21.8 Å². The van der Waals surface area contributed by atoms with Crippen molar-refractivity contribution < 1.29 is 0 Å². The largest absolute Gasteiger partial charge is 0.355 e. The molecular formula is C32H21N5. The fourth-order valence-corrected chi connectivity index (χ4v) is 4.63. The summed E-state index contributed by atoms with van der Waals surface area (Å²) in [5.74, 6) is 0. The monoisotopic (exact) mass is 475 g/mol. The van der Waals surface area contributed by atoms with E-state index in [0.717, 1.165) is 45.6 Å². The van der Waals surface area contributed by atoms with Crippen LogP contribution in [-0.2, 0) is 0 Å². The maximum Gasteiger partial charge on any atom is 0.0659 e. The van der Waals surface area contributed by atoms with E-state index in [4.69, 9.17) is 0 Å². The number of fused-ring (bicyclic) bond motifs is 7. The summed E-state index contributed by atoms with van der Waals surface area (Å²) in [5, 5.41) is 2.61. The number of aromatic nitrogens is 1. The van der Waals surface area contributed by atoms with Crippen LogP contribution in [0.4, 0.5) is 0 Å². The van der Waals surface area contributed by atoms with Crippen LogP contribution >= 0.6 is 0 Å². The van der Waals surface area contributed by atoms with Crippen molar-refractivity contribution in [2.75, 3.05) is 0 Å². The van der Waals surface area contributed by atoms with Crippen molar-refractivity contribution >= 4 is 44.7 Å². The smallest absolute Gasteiger partial charge is 0.0659 e. The quantitative estimate of drug-likeness (QED) is 0.368. The zero-order valence-corrected chi connectivity index (χ0v) is 19.8. The Morgan fingerprint density at radius 1 is 0.378 bits per heavy atom. The minimum Gasteiger partial charge on any atom is -0.355 e. The van der Waals surface area contributed by atoms with Crippen molar-refractivity contribution in [2.24, 2.45) is 20.0 Å². The van der Waals surface area contributed by atoms with Gasteiger partial charge in [-0.3, -0.25) is 0 Å². The maximum atomic E-state index is 4.59. The predicted molar refractivity (Wildman–Crippen MR) is 154 cm³/mol. The van der Waals surface area contributed by atoms with Crippen LogP contribution in [0.25, 0.3) is 21.8 Å². The van der Waals surface area contributed by atoms with Crippen LogP contribution in [0.15, 0.2) is 164 Å². The van der Waals surface area contributed by atoms with Crippen LogP contribution in [0, 0.1) is 0 Å². The van der Waals surface area contributed by atoms with Gasteiger partial charge in [-0.1, -0.05) is 36.4 Å². The summed E-state index contributed by atoms with van der Waals surface area (Å²) in [4.78, 5) is 21.8. The molecule has 0 fully saturated rings. The Balaban J connectivity index is 0.000000149. The Bertz CT molecular complexity index is 1620. The first kappa shape index (κ1) is 21.1. The topological polar surface area (TPSA) is 65.2 Å². The van der Waals surface area contributed by atoms with Gasteiger partial charge in [0, 0.05) is 21.8 Å². The number of aliphatic imine (C=N–C) groups is 4. The molecule has 5 aliphatic rings. The number of nitrogens with one attached hydrogen (secondary N) is 1. The number of aromatic amines is 1. The Morgan fingerprint density at radius 2 is 0.703 bits per heavy atom. The first-order chi connectivity index (χ1) is 18.2. The van der Waals surface area contributed by atoms with Gasteiger partial charge in [0.1, 0.15) is 0 Å². The third-order valence-corrected chi connectivity index (χ3v) is 6.33. The SMILES string of the molecule is C1=CC2=NC1=CC1=NC(=CC3=NC(=CC4=NC(=C2)C=C4)C=C3)C=C1.c1ccc2c(c1)[nH]c1ccccc12. The van der Waals surface area contributed by atoms with E-state index in [2.05, 4.69) is 73.5 Å². The van der Waals surface area contributed by atoms with Gasteiger partial charge < -0.3 is 4.98 Å². The molecule has 1 aromatic heterocycles. The van der Waals surface area contributed by atoms with E-state index >= 15 is 0 Å². The van der Waals surface area contributed by atoms with Gasteiger partial charge in [-0.2, -0.15) is 0 Å². The fourth-order valence-electron chi connectivity index (χ4n) is 4.63. The van der Waals surface area contributed by atoms with Gasteiger partial charge >= 0.3 is 0 Å². The van der Waals surface area contributed by atoms with Gasteiger partial charge in [-0.05, 0) is 85.0 Å². The maximum absolute atomic E-state index is 4.59. The van der Waals surface area contributed by atoms with Crippen molar-refractivity contribution in [1.29, 1.82) is 0 Å². The Morgan fingerprint density at radius 3 is 1.05 bits per heavy atom. The normalized spacial score (nSPS) is 18.6. The molecule has 3 aromatic rings. The van der Waals surface area contributed by atoms with Crippen LogP contribution in [-0.4, -0.2) is 27.8 Å². The highest BCUT2D eigenvalue weighted by atomic mass is 14.8. The summed E-state index contributed by atoms with van der Waals surface area (Å²) in [5.41, 5.74) is 9.57. The molecule has 174 valence electrons. The lowest BCUT2D eigenvalue weighted by molar-refractivity contribution is 1.41. The molecule has 0 radical (unpaired) electrons. The fraction of sp³-hybridized carbons (Fsp3) is 0. The molecule has 0 saturated carbocycles. The third kappa shape index (κ3) is 4.34. The Kier molecular flexibility index (Phi) is 5.03. The molecule has 8 bridgehead atoms. The summed E-state index contributed by atoms with van der Waals surface area (Å²) in [6.45, 7) is 0. The molecule has 6 heterocycles. The van der Waals surface area contributed by atoms with Crippen molar-refractivity contribution in [3.05, 3.63) is 144 Å². The molecule has 0 spiro atoms. The number of hydrogen-bond acceptors (Lipinski definition) is 4. The standard InChI is InChI=1S/C20H12N4.C12H9N/c1-2-14-10-16-5-6-18(23-16)12-20-8-7-19(24-20)11-17-4-3-15(22-17)9-13(1)21-14;1-3-7-11-9(5-1)10-6-2-4-8-12(10)13-11/h1-12H;1-8,13H. The lowest BCUT2D eigenvalue weighted by Crippen LogP contribution is -1.89. The molecule has 0 atom stereocenters. The predicted octanol–water partition coefficient (Wildman–Crippen LogP) is 6.90. The minimum atomic E-state index is 0.894. The van der Waals surface area contributed by atoms with Crippen LogP contribution in [0.1, 0.15) is 0 Å². The summed E-state index contributed by atoms with van der Waals surface area (Å²) >= 11 is 0. The number of nitrogens with zero attached hydrogens (tertiary/aromatic N) is 4. The summed E-state index contributed by atoms with van der Waals surface area (Å²) in [6.07, 6.45) is 23.8. The van der Waals surface area contributed by atoms with Gasteiger partial charge in [-0.15, -0.1) is 0 Å². The zero-order valence-electron chi connectivity index (χ0n) is 19.8. The third-order valence-electron chi connectivity index (χ3n) is 6.33. The first-order valence-corrected chi connectivity index (χ1v) is 12.1.